The van der Waals surface area contributed by atoms with Gasteiger partial charge >= 0.3 is 5.97 Å². The molecule has 5 rings (SSSR count). The van der Waals surface area contributed by atoms with Crippen LogP contribution in [0.3, 0.4) is 0 Å². The fraction of sp³-hybridized carbons (Fsp3) is 0.250. The molecule has 1 fully saturated rings. The van der Waals surface area contributed by atoms with Gasteiger partial charge in [0.25, 0.3) is 0 Å². The standard InChI is InChI=1S/C28H26N2O6/c1-16(31)30-13-12-20(17-6-9-19(32)10-7-17)26(30)28(35)29-18-8-11-22-21-4-2-3-5-23(21)27(24(22)14-18)36-15-25(33)34/h2-11,14,20,26-27,32H,12-13,15H2,1H3,(H,29,35)(H,33,34)/t20?,26-,27?/m1/s1. The first-order valence-corrected chi connectivity index (χ1v) is 11.8. The second-order valence-corrected chi connectivity index (χ2v) is 9.11. The zero-order valence-corrected chi connectivity index (χ0v) is 19.7. The number of carbonyl (C=O) groups is 3. The van der Waals surface area contributed by atoms with Crippen molar-refractivity contribution in [3.05, 3.63) is 83.4 Å². The van der Waals surface area contributed by atoms with Gasteiger partial charge in [0.1, 0.15) is 24.5 Å². The number of aromatic hydroxyl groups is 1. The van der Waals surface area contributed by atoms with Crippen molar-refractivity contribution < 1.29 is 29.3 Å². The topological polar surface area (TPSA) is 116 Å². The SMILES string of the molecule is CC(=O)N1CCC(c2ccc(O)cc2)[C@@H]1C(=O)Nc1ccc2c(c1)C(OCC(=O)O)c1ccccc1-2. The van der Waals surface area contributed by atoms with E-state index in [1.807, 2.05) is 36.4 Å². The Morgan fingerprint density at radius 1 is 1.00 bits per heavy atom. The van der Waals surface area contributed by atoms with Crippen molar-refractivity contribution in [1.29, 1.82) is 0 Å². The minimum atomic E-state index is -1.06. The van der Waals surface area contributed by atoms with Gasteiger partial charge in [-0.2, -0.15) is 0 Å². The first kappa shape index (κ1) is 23.6. The Morgan fingerprint density at radius 3 is 2.44 bits per heavy atom. The fourth-order valence-electron chi connectivity index (χ4n) is 5.33. The minimum absolute atomic E-state index is 0.139. The predicted molar refractivity (Wildman–Crippen MR) is 133 cm³/mol. The number of fused-ring (bicyclic) bond motifs is 3. The number of benzene rings is 3. The van der Waals surface area contributed by atoms with Gasteiger partial charge in [0.15, 0.2) is 0 Å². The third-order valence-electron chi connectivity index (χ3n) is 6.90. The Hall–Kier alpha value is -4.17. The Kier molecular flexibility index (Phi) is 6.20. The number of likely N-dealkylation sites (tertiary alicyclic amines) is 1. The average molecular weight is 487 g/mol. The smallest absolute Gasteiger partial charge is 0.329 e. The van der Waals surface area contributed by atoms with Crippen LogP contribution in [0.5, 0.6) is 5.75 Å². The molecule has 3 N–H and O–H groups in total. The number of hydrogen-bond acceptors (Lipinski definition) is 5. The van der Waals surface area contributed by atoms with Crippen LogP contribution in [0.4, 0.5) is 5.69 Å². The second-order valence-electron chi connectivity index (χ2n) is 9.11. The molecule has 0 radical (unpaired) electrons. The number of ether oxygens (including phenoxy) is 1. The number of nitrogens with zero attached hydrogens (tertiary/aromatic N) is 1. The van der Waals surface area contributed by atoms with E-state index in [9.17, 15) is 19.5 Å². The molecule has 1 aliphatic carbocycles. The van der Waals surface area contributed by atoms with Gasteiger partial charge in [-0.05, 0) is 58.5 Å². The lowest BCUT2D eigenvalue weighted by Gasteiger charge is -2.27. The molecule has 0 saturated carbocycles. The quantitative estimate of drug-likeness (QED) is 0.487. The number of aliphatic carboxylic acids is 1. The van der Waals surface area contributed by atoms with Crippen LogP contribution in [-0.4, -0.2) is 52.1 Å². The Morgan fingerprint density at radius 2 is 1.72 bits per heavy atom. The molecule has 3 atom stereocenters. The maximum atomic E-state index is 13.5. The molecule has 184 valence electrons. The van der Waals surface area contributed by atoms with Crippen LogP contribution in [0.2, 0.25) is 0 Å². The summed E-state index contributed by atoms with van der Waals surface area (Å²) >= 11 is 0. The molecule has 1 aliphatic heterocycles. The molecule has 2 amide bonds. The van der Waals surface area contributed by atoms with Crippen LogP contribution in [0.1, 0.15) is 42.1 Å². The molecule has 8 heteroatoms. The molecule has 0 aromatic heterocycles. The lowest BCUT2D eigenvalue weighted by atomic mass is 9.91. The van der Waals surface area contributed by atoms with Gasteiger partial charge in [0.05, 0.1) is 0 Å². The lowest BCUT2D eigenvalue weighted by Crippen LogP contribution is -2.44. The van der Waals surface area contributed by atoms with Gasteiger partial charge in [-0.1, -0.05) is 42.5 Å². The van der Waals surface area contributed by atoms with E-state index >= 15 is 0 Å². The van der Waals surface area contributed by atoms with E-state index in [0.29, 0.717) is 18.7 Å². The number of carbonyl (C=O) groups excluding carboxylic acids is 2. The molecule has 1 saturated heterocycles. The number of amides is 2. The highest BCUT2D eigenvalue weighted by atomic mass is 16.5. The zero-order chi connectivity index (χ0) is 25.4. The maximum absolute atomic E-state index is 13.5. The summed E-state index contributed by atoms with van der Waals surface area (Å²) in [5.74, 6) is -1.61. The number of carboxylic acid groups (broad SMARTS) is 1. The zero-order valence-electron chi connectivity index (χ0n) is 19.7. The Bertz CT molecular complexity index is 1340. The van der Waals surface area contributed by atoms with E-state index in [4.69, 9.17) is 9.84 Å². The van der Waals surface area contributed by atoms with Crippen LogP contribution in [-0.2, 0) is 19.1 Å². The van der Waals surface area contributed by atoms with Crippen molar-refractivity contribution in [1.82, 2.24) is 4.90 Å². The minimum Gasteiger partial charge on any atom is -0.508 e. The summed E-state index contributed by atoms with van der Waals surface area (Å²) in [6, 6.07) is 19.2. The largest absolute Gasteiger partial charge is 0.508 e. The number of anilines is 1. The molecule has 2 aliphatic rings. The number of phenolic OH excluding ortho intramolecular Hbond substituents is 1. The van der Waals surface area contributed by atoms with Crippen LogP contribution in [0.15, 0.2) is 66.7 Å². The van der Waals surface area contributed by atoms with Crippen molar-refractivity contribution in [2.45, 2.75) is 31.4 Å². The third-order valence-corrected chi connectivity index (χ3v) is 6.90. The van der Waals surface area contributed by atoms with Crippen molar-refractivity contribution in [2.24, 2.45) is 0 Å². The number of nitrogens with one attached hydrogen (secondary N) is 1. The molecule has 36 heavy (non-hydrogen) atoms. The summed E-state index contributed by atoms with van der Waals surface area (Å²) in [6.07, 6.45) is 0.0710. The molecular weight excluding hydrogens is 460 g/mol. The van der Waals surface area contributed by atoms with Crippen molar-refractivity contribution in [3.8, 4) is 16.9 Å². The summed E-state index contributed by atoms with van der Waals surface area (Å²) in [5, 5.41) is 21.8. The third kappa shape index (κ3) is 4.31. The molecule has 1 heterocycles. The van der Waals surface area contributed by atoms with E-state index in [2.05, 4.69) is 5.32 Å². The van der Waals surface area contributed by atoms with Gasteiger partial charge in [0.2, 0.25) is 11.8 Å². The average Bonchev–Trinajstić information content (AvgIpc) is 3.43. The monoisotopic (exact) mass is 486 g/mol. The summed E-state index contributed by atoms with van der Waals surface area (Å²) < 4.78 is 5.72. The van der Waals surface area contributed by atoms with Crippen LogP contribution < -0.4 is 5.32 Å². The molecular formula is C28H26N2O6. The van der Waals surface area contributed by atoms with Gasteiger partial charge in [0, 0.05) is 25.1 Å². The molecule has 2 unspecified atom stereocenters. The molecule has 0 bridgehead atoms. The van der Waals surface area contributed by atoms with Crippen molar-refractivity contribution in [3.63, 3.8) is 0 Å². The van der Waals surface area contributed by atoms with Crippen molar-refractivity contribution in [2.75, 3.05) is 18.5 Å². The van der Waals surface area contributed by atoms with Crippen LogP contribution >= 0.6 is 0 Å². The van der Waals surface area contributed by atoms with Gasteiger partial charge in [-0.3, -0.25) is 9.59 Å². The highest BCUT2D eigenvalue weighted by Crippen LogP contribution is 2.46. The number of hydrogen-bond donors (Lipinski definition) is 3. The summed E-state index contributed by atoms with van der Waals surface area (Å²) in [5.41, 5.74) is 4.96. The molecule has 3 aromatic rings. The number of rotatable bonds is 6. The van der Waals surface area contributed by atoms with E-state index in [-0.39, 0.29) is 23.5 Å². The normalized spacial score (nSPS) is 20.0. The second kappa shape index (κ2) is 9.47. The highest BCUT2D eigenvalue weighted by molar-refractivity contribution is 5.98. The van der Waals surface area contributed by atoms with E-state index in [1.54, 1.807) is 35.2 Å². The molecule has 3 aromatic carbocycles. The number of carboxylic acids is 1. The number of phenols is 1. The lowest BCUT2D eigenvalue weighted by molar-refractivity contribution is -0.143. The fourth-order valence-corrected chi connectivity index (χ4v) is 5.33. The van der Waals surface area contributed by atoms with E-state index < -0.39 is 24.7 Å². The highest BCUT2D eigenvalue weighted by Gasteiger charge is 2.41. The van der Waals surface area contributed by atoms with Crippen LogP contribution in [0, 0.1) is 0 Å². The Balaban J connectivity index is 1.43. The molecule has 0 spiro atoms. The Labute approximate surface area is 208 Å². The van der Waals surface area contributed by atoms with Crippen LogP contribution in [0.25, 0.3) is 11.1 Å². The first-order chi connectivity index (χ1) is 17.3. The van der Waals surface area contributed by atoms with Gasteiger partial charge in [-0.15, -0.1) is 0 Å². The van der Waals surface area contributed by atoms with E-state index in [0.717, 1.165) is 27.8 Å². The van der Waals surface area contributed by atoms with E-state index in [1.165, 1.54) is 6.92 Å². The molecule has 8 nitrogen and oxygen atoms in total. The summed E-state index contributed by atoms with van der Waals surface area (Å²) in [7, 11) is 0. The predicted octanol–water partition coefficient (Wildman–Crippen LogP) is 3.91. The van der Waals surface area contributed by atoms with Gasteiger partial charge in [-0.25, -0.2) is 4.79 Å². The maximum Gasteiger partial charge on any atom is 0.329 e. The van der Waals surface area contributed by atoms with Gasteiger partial charge < -0.3 is 25.2 Å². The summed E-state index contributed by atoms with van der Waals surface area (Å²) in [4.78, 5) is 38.6. The first-order valence-electron chi connectivity index (χ1n) is 11.8. The van der Waals surface area contributed by atoms with Crippen molar-refractivity contribution >= 4 is 23.5 Å². The summed E-state index contributed by atoms with van der Waals surface area (Å²) in [6.45, 7) is 1.47.